The molecule has 0 aromatic carbocycles. The number of pyridine rings is 1. The van der Waals surface area contributed by atoms with E-state index in [9.17, 15) is 22.4 Å². The lowest BCUT2D eigenvalue weighted by Gasteiger charge is -2.15. The molecule has 0 fully saturated rings. The Bertz CT molecular complexity index is 495. The van der Waals surface area contributed by atoms with Crippen LogP contribution < -0.4 is 15.8 Å². The molecule has 0 aliphatic carbocycles. The van der Waals surface area contributed by atoms with Gasteiger partial charge in [0.25, 0.3) is 0 Å². The third-order valence-electron chi connectivity index (χ3n) is 2.42. The predicted molar refractivity (Wildman–Crippen MR) is 83.7 cm³/mol. The van der Waals surface area contributed by atoms with E-state index in [1.807, 2.05) is 0 Å². The van der Waals surface area contributed by atoms with E-state index < -0.39 is 30.9 Å². The number of carbonyl (C=O) groups is 1. The molecule has 1 aromatic heterocycles. The van der Waals surface area contributed by atoms with Gasteiger partial charge in [-0.2, -0.15) is 8.78 Å². The summed E-state index contributed by atoms with van der Waals surface area (Å²) in [5.74, 6) is -5.07. The van der Waals surface area contributed by atoms with Gasteiger partial charge in [0.15, 0.2) is 6.61 Å². The van der Waals surface area contributed by atoms with Crippen molar-refractivity contribution in [3.05, 3.63) is 18.3 Å². The number of aromatic nitrogens is 1. The molecular weight excluding hydrogens is 381 g/mol. The van der Waals surface area contributed by atoms with Gasteiger partial charge in [-0.05, 0) is 6.07 Å². The predicted octanol–water partition coefficient (Wildman–Crippen LogP) is 2.12. The van der Waals surface area contributed by atoms with Crippen LogP contribution in [0.1, 0.15) is 0 Å². The maximum atomic E-state index is 12.7. The van der Waals surface area contributed by atoms with Gasteiger partial charge in [-0.3, -0.25) is 4.79 Å². The van der Waals surface area contributed by atoms with Crippen molar-refractivity contribution in [3.63, 3.8) is 0 Å². The van der Waals surface area contributed by atoms with Gasteiger partial charge in [0.2, 0.25) is 11.8 Å². The summed E-state index contributed by atoms with van der Waals surface area (Å²) in [7, 11) is 1.38. The summed E-state index contributed by atoms with van der Waals surface area (Å²) in [6, 6.07) is 1.57. The van der Waals surface area contributed by atoms with Crippen LogP contribution in [0.15, 0.2) is 18.3 Å². The average molecular weight is 398 g/mol. The summed E-state index contributed by atoms with van der Waals surface area (Å²) in [6.45, 7) is -1.48. The van der Waals surface area contributed by atoms with Gasteiger partial charge in [0.1, 0.15) is 6.04 Å². The molecule has 140 valence electrons. The zero-order valence-corrected chi connectivity index (χ0v) is 14.0. The molecule has 1 amide bonds. The number of halogens is 6. The molecular formula is C12H17Cl2F4N3O3. The molecule has 1 heterocycles. The molecule has 0 aliphatic heterocycles. The first-order valence-electron chi connectivity index (χ1n) is 6.06. The number of anilines is 1. The molecule has 0 aliphatic rings. The van der Waals surface area contributed by atoms with Crippen LogP contribution in [-0.2, 0) is 9.53 Å². The maximum Gasteiger partial charge on any atom is 0.340 e. The fourth-order valence-electron chi connectivity index (χ4n) is 1.26. The summed E-state index contributed by atoms with van der Waals surface area (Å²) in [6.07, 6.45) is -2.71. The van der Waals surface area contributed by atoms with Crippen LogP contribution in [-0.4, -0.2) is 49.6 Å². The normalized spacial score (nSPS) is 12.0. The molecule has 0 spiro atoms. The van der Waals surface area contributed by atoms with Gasteiger partial charge < -0.3 is 20.5 Å². The number of hydrogen-bond donors (Lipinski definition) is 2. The van der Waals surface area contributed by atoms with Gasteiger partial charge in [-0.1, -0.05) is 0 Å². The molecule has 0 radical (unpaired) electrons. The van der Waals surface area contributed by atoms with E-state index in [-0.39, 0.29) is 43.0 Å². The fourth-order valence-corrected chi connectivity index (χ4v) is 1.26. The minimum Gasteiger partial charge on any atom is -0.471 e. The van der Waals surface area contributed by atoms with Gasteiger partial charge in [0.05, 0.1) is 18.5 Å². The van der Waals surface area contributed by atoms with Crippen molar-refractivity contribution in [2.24, 2.45) is 5.73 Å². The molecule has 6 nitrogen and oxygen atoms in total. The average Bonchev–Trinajstić information content (AvgIpc) is 2.46. The first-order chi connectivity index (χ1) is 10.3. The second-order valence-electron chi connectivity index (χ2n) is 4.29. The summed E-state index contributed by atoms with van der Waals surface area (Å²) in [5, 5.41) is 2.41. The van der Waals surface area contributed by atoms with Crippen molar-refractivity contribution in [2.45, 2.75) is 18.4 Å². The molecule has 0 bridgehead atoms. The molecule has 0 saturated heterocycles. The molecule has 24 heavy (non-hydrogen) atoms. The Morgan fingerprint density at radius 3 is 2.46 bits per heavy atom. The largest absolute Gasteiger partial charge is 0.471 e. The molecule has 1 atom stereocenters. The fraction of sp³-hybridized carbons (Fsp3) is 0.500. The van der Waals surface area contributed by atoms with Crippen molar-refractivity contribution >= 4 is 36.4 Å². The molecule has 0 saturated carbocycles. The zero-order valence-electron chi connectivity index (χ0n) is 12.4. The number of nitrogens with two attached hydrogens (primary N) is 1. The van der Waals surface area contributed by atoms with E-state index in [2.05, 4.69) is 15.0 Å². The Morgan fingerprint density at radius 2 is 2.00 bits per heavy atom. The monoisotopic (exact) mass is 397 g/mol. The highest BCUT2D eigenvalue weighted by molar-refractivity contribution is 5.94. The van der Waals surface area contributed by atoms with Crippen LogP contribution in [0.4, 0.5) is 23.2 Å². The van der Waals surface area contributed by atoms with Crippen LogP contribution in [0, 0.1) is 0 Å². The molecule has 12 heteroatoms. The standard InChI is InChI=1S/C12H15F4N3O3.2ClH/c1-21-5-8(17)10(20)19-7-2-3-9(18-4-7)22-6-12(15,16)11(13)14;;/h2-4,8,11H,5-6,17H2,1H3,(H,19,20);2*1H. The van der Waals surface area contributed by atoms with Gasteiger partial charge in [-0.25, -0.2) is 13.8 Å². The van der Waals surface area contributed by atoms with E-state index >= 15 is 0 Å². The van der Waals surface area contributed by atoms with E-state index in [1.54, 1.807) is 0 Å². The first kappa shape index (κ1) is 24.9. The Labute approximate surface area is 147 Å². The van der Waals surface area contributed by atoms with Gasteiger partial charge in [-0.15, -0.1) is 24.8 Å². The number of nitrogens with zero attached hydrogens (tertiary/aromatic N) is 1. The van der Waals surface area contributed by atoms with Gasteiger partial charge in [0, 0.05) is 13.2 Å². The van der Waals surface area contributed by atoms with Crippen LogP contribution in [0.2, 0.25) is 0 Å². The second-order valence-corrected chi connectivity index (χ2v) is 4.29. The zero-order chi connectivity index (χ0) is 16.8. The number of nitrogens with one attached hydrogen (secondary N) is 1. The Balaban J connectivity index is 0. The maximum absolute atomic E-state index is 12.7. The third-order valence-corrected chi connectivity index (χ3v) is 2.42. The Hall–Kier alpha value is -1.36. The summed E-state index contributed by atoms with van der Waals surface area (Å²) < 4.78 is 58.4. The van der Waals surface area contributed by atoms with Crippen molar-refractivity contribution in [1.29, 1.82) is 0 Å². The minimum absolute atomic E-state index is 0. The number of methoxy groups -OCH3 is 1. The van der Waals surface area contributed by atoms with E-state index in [4.69, 9.17) is 10.5 Å². The number of rotatable bonds is 8. The summed E-state index contributed by atoms with van der Waals surface area (Å²) in [4.78, 5) is 15.2. The van der Waals surface area contributed by atoms with Crippen molar-refractivity contribution in [3.8, 4) is 5.88 Å². The third kappa shape index (κ3) is 7.95. The molecule has 1 unspecified atom stereocenters. The highest BCUT2D eigenvalue weighted by atomic mass is 35.5. The van der Waals surface area contributed by atoms with Crippen molar-refractivity contribution < 1.29 is 31.8 Å². The van der Waals surface area contributed by atoms with Crippen molar-refractivity contribution in [1.82, 2.24) is 4.98 Å². The number of ether oxygens (including phenoxy) is 2. The second kappa shape index (κ2) is 11.2. The van der Waals surface area contributed by atoms with Gasteiger partial charge >= 0.3 is 12.3 Å². The van der Waals surface area contributed by atoms with Crippen molar-refractivity contribution in [2.75, 3.05) is 25.6 Å². The number of hydrogen-bond acceptors (Lipinski definition) is 5. The Morgan fingerprint density at radius 1 is 1.38 bits per heavy atom. The number of alkyl halides is 4. The SMILES string of the molecule is COCC(N)C(=O)Nc1ccc(OCC(F)(F)C(F)F)nc1.Cl.Cl. The summed E-state index contributed by atoms with van der Waals surface area (Å²) in [5.41, 5.74) is 5.73. The lowest BCUT2D eigenvalue weighted by molar-refractivity contribution is -0.148. The van der Waals surface area contributed by atoms with Crippen LogP contribution in [0.25, 0.3) is 0 Å². The molecule has 3 N–H and O–H groups in total. The smallest absolute Gasteiger partial charge is 0.340 e. The first-order valence-corrected chi connectivity index (χ1v) is 6.06. The lowest BCUT2D eigenvalue weighted by Crippen LogP contribution is -2.39. The number of amides is 1. The summed E-state index contributed by atoms with van der Waals surface area (Å²) >= 11 is 0. The van der Waals surface area contributed by atoms with E-state index in [1.165, 1.54) is 13.2 Å². The lowest BCUT2D eigenvalue weighted by atomic mass is 10.3. The van der Waals surface area contributed by atoms with Crippen LogP contribution in [0.5, 0.6) is 5.88 Å². The van der Waals surface area contributed by atoms with Crippen LogP contribution in [0.3, 0.4) is 0 Å². The number of carbonyl (C=O) groups excluding carboxylic acids is 1. The highest BCUT2D eigenvalue weighted by Gasteiger charge is 2.41. The highest BCUT2D eigenvalue weighted by Crippen LogP contribution is 2.24. The topological polar surface area (TPSA) is 86.5 Å². The quantitative estimate of drug-likeness (QED) is 0.656. The minimum atomic E-state index is -4.26. The van der Waals surface area contributed by atoms with Crippen LogP contribution >= 0.6 is 24.8 Å². The Kier molecular flexibility index (Phi) is 11.7. The molecule has 1 aromatic rings. The van der Waals surface area contributed by atoms with E-state index in [0.717, 1.165) is 12.3 Å². The van der Waals surface area contributed by atoms with E-state index in [0.29, 0.717) is 0 Å². The molecule has 1 rings (SSSR count).